The van der Waals surface area contributed by atoms with E-state index >= 15 is 0 Å². The topological polar surface area (TPSA) is 76.8 Å². The molecule has 0 radical (unpaired) electrons. The van der Waals surface area contributed by atoms with Crippen LogP contribution < -0.4 is 4.74 Å². The van der Waals surface area contributed by atoms with E-state index in [4.69, 9.17) is 9.15 Å². The molecule has 0 atom stereocenters. The maximum Gasteiger partial charge on any atom is 0.222 e. The van der Waals surface area contributed by atoms with Crippen LogP contribution in [0.1, 0.15) is 24.7 Å². The van der Waals surface area contributed by atoms with Gasteiger partial charge in [-0.1, -0.05) is 18.2 Å². The Bertz CT molecular complexity index is 839. The number of amides is 1. The molecule has 2 heterocycles. The second-order valence-corrected chi connectivity index (χ2v) is 8.63. The summed E-state index contributed by atoms with van der Waals surface area (Å²) in [5.41, 5.74) is 0.991. The Kier molecular flexibility index (Phi) is 5.66. The number of rotatable bonds is 8. The van der Waals surface area contributed by atoms with Crippen LogP contribution >= 0.6 is 0 Å². The second-order valence-electron chi connectivity index (χ2n) is 6.35. The zero-order valence-electron chi connectivity index (χ0n) is 14.8. The molecule has 1 fully saturated rings. The summed E-state index contributed by atoms with van der Waals surface area (Å²) >= 11 is 0. The van der Waals surface area contributed by atoms with Gasteiger partial charge in [-0.3, -0.25) is 4.79 Å². The molecule has 7 heteroatoms. The van der Waals surface area contributed by atoms with Crippen molar-refractivity contribution in [2.24, 2.45) is 0 Å². The molecule has 1 amide bonds. The molecule has 0 N–H and O–H groups in total. The first-order valence-corrected chi connectivity index (χ1v) is 10.4. The van der Waals surface area contributed by atoms with E-state index < -0.39 is 15.1 Å². The third-order valence-electron chi connectivity index (χ3n) is 4.51. The third-order valence-corrected chi connectivity index (χ3v) is 6.51. The molecule has 1 aromatic carbocycles. The van der Waals surface area contributed by atoms with Crippen molar-refractivity contribution in [3.8, 4) is 5.75 Å². The Morgan fingerprint density at radius 2 is 2.00 bits per heavy atom. The SMILES string of the molecule is CCOc1ccccc1CCC(=O)N1CC(S(=O)(=O)Cc2ccco2)C1. The summed E-state index contributed by atoms with van der Waals surface area (Å²) in [7, 11) is -3.30. The van der Waals surface area contributed by atoms with Crippen LogP contribution in [0, 0.1) is 0 Å². The third kappa shape index (κ3) is 4.27. The van der Waals surface area contributed by atoms with Gasteiger partial charge in [-0.25, -0.2) is 8.42 Å². The van der Waals surface area contributed by atoms with Crippen LogP contribution in [0.15, 0.2) is 47.1 Å². The van der Waals surface area contributed by atoms with Crippen molar-refractivity contribution >= 4 is 15.7 Å². The number of ether oxygens (including phenoxy) is 1. The second kappa shape index (κ2) is 7.95. The van der Waals surface area contributed by atoms with E-state index in [0.29, 0.717) is 25.2 Å². The van der Waals surface area contributed by atoms with E-state index in [0.717, 1.165) is 11.3 Å². The molecule has 0 spiro atoms. The molecule has 0 aliphatic carbocycles. The first-order valence-electron chi connectivity index (χ1n) is 8.72. The van der Waals surface area contributed by atoms with Crippen LogP contribution in [0.2, 0.25) is 0 Å². The van der Waals surface area contributed by atoms with Crippen molar-refractivity contribution in [1.82, 2.24) is 4.90 Å². The molecular formula is C19H23NO5S. The standard InChI is InChI=1S/C19H23NO5S/c1-2-24-18-8-4-3-6-15(18)9-10-19(21)20-12-17(13-20)26(22,23)14-16-7-5-11-25-16/h3-8,11,17H,2,9-10,12-14H2,1H3. The van der Waals surface area contributed by atoms with E-state index in [1.54, 1.807) is 17.0 Å². The number of carbonyl (C=O) groups is 1. The van der Waals surface area contributed by atoms with Crippen LogP contribution in [-0.2, 0) is 26.8 Å². The van der Waals surface area contributed by atoms with E-state index in [9.17, 15) is 13.2 Å². The van der Waals surface area contributed by atoms with Gasteiger partial charge >= 0.3 is 0 Å². The van der Waals surface area contributed by atoms with Crippen molar-refractivity contribution in [1.29, 1.82) is 0 Å². The zero-order chi connectivity index (χ0) is 18.6. The lowest BCUT2D eigenvalue weighted by atomic mass is 10.1. The first-order chi connectivity index (χ1) is 12.5. The molecule has 6 nitrogen and oxygen atoms in total. The highest BCUT2D eigenvalue weighted by molar-refractivity contribution is 7.91. The summed E-state index contributed by atoms with van der Waals surface area (Å²) in [5.74, 6) is 1.09. The van der Waals surface area contributed by atoms with Gasteiger partial charge in [0.25, 0.3) is 0 Å². The van der Waals surface area contributed by atoms with Crippen LogP contribution in [0.5, 0.6) is 5.75 Å². The average Bonchev–Trinajstić information content (AvgIpc) is 3.04. The fourth-order valence-electron chi connectivity index (χ4n) is 2.99. The summed E-state index contributed by atoms with van der Waals surface area (Å²) in [6.45, 7) is 3.02. The highest BCUT2D eigenvalue weighted by atomic mass is 32.2. The van der Waals surface area contributed by atoms with Crippen LogP contribution in [-0.4, -0.2) is 44.2 Å². The van der Waals surface area contributed by atoms with Crippen LogP contribution in [0.25, 0.3) is 0 Å². The molecule has 1 aromatic heterocycles. The van der Waals surface area contributed by atoms with E-state index in [2.05, 4.69) is 0 Å². The van der Waals surface area contributed by atoms with Gasteiger partial charge in [-0.15, -0.1) is 0 Å². The van der Waals surface area contributed by atoms with Gasteiger partial charge in [0.05, 0.1) is 18.1 Å². The number of hydrogen-bond donors (Lipinski definition) is 0. The molecule has 26 heavy (non-hydrogen) atoms. The number of furan rings is 1. The summed E-state index contributed by atoms with van der Waals surface area (Å²) < 4.78 is 35.3. The summed E-state index contributed by atoms with van der Waals surface area (Å²) in [6, 6.07) is 11.0. The Hall–Kier alpha value is -2.28. The van der Waals surface area contributed by atoms with Crippen LogP contribution in [0.3, 0.4) is 0 Å². The lowest BCUT2D eigenvalue weighted by Crippen LogP contribution is -2.57. The van der Waals surface area contributed by atoms with Gasteiger partial charge in [-0.2, -0.15) is 0 Å². The van der Waals surface area contributed by atoms with Crippen molar-refractivity contribution in [3.63, 3.8) is 0 Å². The maximum absolute atomic E-state index is 12.3. The molecule has 2 aromatic rings. The Balaban J connectivity index is 1.49. The van der Waals surface area contributed by atoms with Crippen LogP contribution in [0.4, 0.5) is 0 Å². The molecule has 140 valence electrons. The molecule has 0 saturated carbocycles. The first kappa shape index (κ1) is 18.5. The molecule has 0 unspecified atom stereocenters. The maximum atomic E-state index is 12.3. The summed E-state index contributed by atoms with van der Waals surface area (Å²) in [4.78, 5) is 13.9. The number of likely N-dealkylation sites (tertiary alicyclic amines) is 1. The lowest BCUT2D eigenvalue weighted by molar-refractivity contribution is -0.134. The van der Waals surface area contributed by atoms with E-state index in [1.807, 2.05) is 31.2 Å². The monoisotopic (exact) mass is 377 g/mol. The highest BCUT2D eigenvalue weighted by Crippen LogP contribution is 2.23. The zero-order valence-corrected chi connectivity index (χ0v) is 15.6. The lowest BCUT2D eigenvalue weighted by Gasteiger charge is -2.38. The van der Waals surface area contributed by atoms with Gasteiger partial charge < -0.3 is 14.1 Å². The molecule has 1 aliphatic heterocycles. The van der Waals surface area contributed by atoms with Crippen molar-refractivity contribution < 1.29 is 22.4 Å². The number of para-hydroxylation sites is 1. The molecule has 3 rings (SSSR count). The number of benzene rings is 1. The fourth-order valence-corrected chi connectivity index (χ4v) is 4.60. The normalized spacial score (nSPS) is 14.9. The quantitative estimate of drug-likeness (QED) is 0.706. The Morgan fingerprint density at radius 3 is 2.69 bits per heavy atom. The van der Waals surface area contributed by atoms with Crippen molar-refractivity contribution in [2.75, 3.05) is 19.7 Å². The van der Waals surface area contributed by atoms with Gasteiger partial charge in [0, 0.05) is 19.5 Å². The van der Waals surface area contributed by atoms with Gasteiger partial charge in [0.2, 0.25) is 5.91 Å². The number of carbonyl (C=O) groups excluding carboxylic acids is 1. The summed E-state index contributed by atoms with van der Waals surface area (Å²) in [6.07, 6.45) is 2.38. The van der Waals surface area contributed by atoms with E-state index in [-0.39, 0.29) is 24.7 Å². The fraction of sp³-hybridized carbons (Fsp3) is 0.421. The molecule has 1 saturated heterocycles. The van der Waals surface area contributed by atoms with Crippen molar-refractivity contribution in [3.05, 3.63) is 54.0 Å². The number of hydrogen-bond acceptors (Lipinski definition) is 5. The van der Waals surface area contributed by atoms with Gasteiger partial charge in [0.1, 0.15) is 17.3 Å². The number of nitrogens with zero attached hydrogens (tertiary/aromatic N) is 1. The minimum absolute atomic E-state index is 0.0271. The summed E-state index contributed by atoms with van der Waals surface area (Å²) in [5, 5.41) is -0.507. The molecule has 1 aliphatic rings. The molecular weight excluding hydrogens is 354 g/mol. The minimum atomic E-state index is -3.30. The predicted octanol–water partition coefficient (Wildman–Crippen LogP) is 2.44. The smallest absolute Gasteiger partial charge is 0.222 e. The van der Waals surface area contributed by atoms with Gasteiger partial charge in [0.15, 0.2) is 9.84 Å². The number of aryl methyl sites for hydroxylation is 1. The minimum Gasteiger partial charge on any atom is -0.494 e. The van der Waals surface area contributed by atoms with Gasteiger partial charge in [-0.05, 0) is 37.1 Å². The predicted molar refractivity (Wildman–Crippen MR) is 97.6 cm³/mol. The van der Waals surface area contributed by atoms with Crippen molar-refractivity contribution in [2.45, 2.75) is 30.8 Å². The largest absolute Gasteiger partial charge is 0.494 e. The Labute approximate surface area is 153 Å². The molecule has 0 bridgehead atoms. The highest BCUT2D eigenvalue weighted by Gasteiger charge is 2.39. The average molecular weight is 377 g/mol. The number of sulfone groups is 1. The van der Waals surface area contributed by atoms with E-state index in [1.165, 1.54) is 6.26 Å². The Morgan fingerprint density at radius 1 is 1.23 bits per heavy atom.